The lowest BCUT2D eigenvalue weighted by Crippen LogP contribution is -2.34. The van der Waals surface area contributed by atoms with Crippen molar-refractivity contribution < 1.29 is 4.79 Å². The average Bonchev–Trinajstić information content (AvgIpc) is 2.42. The number of rotatable bonds is 4. The van der Waals surface area contributed by atoms with Crippen molar-refractivity contribution in [3.63, 3.8) is 0 Å². The molecular formula is C16H27NO. The lowest BCUT2D eigenvalue weighted by molar-refractivity contribution is 0.124. The van der Waals surface area contributed by atoms with Crippen LogP contribution >= 0.6 is 0 Å². The van der Waals surface area contributed by atoms with E-state index in [9.17, 15) is 4.79 Å². The second-order valence-electron chi connectivity index (χ2n) is 6.33. The quantitative estimate of drug-likeness (QED) is 0.533. The van der Waals surface area contributed by atoms with Crippen LogP contribution in [0.25, 0.3) is 0 Å². The van der Waals surface area contributed by atoms with Gasteiger partial charge in [-0.2, -0.15) is 0 Å². The van der Waals surface area contributed by atoms with Gasteiger partial charge in [0.25, 0.3) is 0 Å². The van der Waals surface area contributed by atoms with Crippen LogP contribution in [0.2, 0.25) is 0 Å². The normalized spacial score (nSPS) is 24.8. The second-order valence-corrected chi connectivity index (χ2v) is 6.33. The molecular weight excluding hydrogens is 222 g/mol. The van der Waals surface area contributed by atoms with Gasteiger partial charge in [0.2, 0.25) is 6.08 Å². The highest BCUT2D eigenvalue weighted by atomic mass is 16.1. The number of nitrogens with zero attached hydrogens (tertiary/aromatic N) is 1. The summed E-state index contributed by atoms with van der Waals surface area (Å²) in [5.41, 5.74) is 0. The van der Waals surface area contributed by atoms with Gasteiger partial charge >= 0.3 is 0 Å². The van der Waals surface area contributed by atoms with Crippen molar-refractivity contribution in [2.45, 2.75) is 77.2 Å². The predicted octanol–water partition coefficient (Wildman–Crippen LogP) is 4.49. The SMILES string of the molecule is CC(N=C=O)C(C1CCCCC1)C1CCCCC1. The van der Waals surface area contributed by atoms with Gasteiger partial charge in [0.15, 0.2) is 0 Å². The van der Waals surface area contributed by atoms with E-state index in [1.807, 2.05) is 0 Å². The van der Waals surface area contributed by atoms with Gasteiger partial charge in [-0.15, -0.1) is 0 Å². The Morgan fingerprint density at radius 2 is 1.33 bits per heavy atom. The third-order valence-electron chi connectivity index (χ3n) is 5.20. The average molecular weight is 249 g/mol. The van der Waals surface area contributed by atoms with Crippen molar-refractivity contribution in [2.75, 3.05) is 0 Å². The molecule has 1 atom stereocenters. The molecule has 102 valence electrons. The lowest BCUT2D eigenvalue weighted by Gasteiger charge is -2.39. The number of carbonyl (C=O) groups excluding carboxylic acids is 1. The summed E-state index contributed by atoms with van der Waals surface area (Å²) >= 11 is 0. The third-order valence-corrected chi connectivity index (χ3v) is 5.20. The topological polar surface area (TPSA) is 29.4 Å². The maximum Gasteiger partial charge on any atom is 0.235 e. The fourth-order valence-corrected chi connectivity index (χ4v) is 4.38. The smallest absolute Gasteiger partial charge is 0.211 e. The first-order chi connectivity index (χ1) is 8.83. The zero-order valence-electron chi connectivity index (χ0n) is 11.7. The zero-order chi connectivity index (χ0) is 12.8. The van der Waals surface area contributed by atoms with E-state index < -0.39 is 0 Å². The summed E-state index contributed by atoms with van der Waals surface area (Å²) < 4.78 is 0. The molecule has 0 radical (unpaired) electrons. The molecule has 2 fully saturated rings. The van der Waals surface area contributed by atoms with Crippen molar-refractivity contribution >= 4 is 6.08 Å². The Labute approximate surface area is 111 Å². The Hall–Kier alpha value is -0.620. The molecule has 18 heavy (non-hydrogen) atoms. The maximum absolute atomic E-state index is 10.6. The Bertz CT molecular complexity index is 265. The van der Waals surface area contributed by atoms with Gasteiger partial charge in [0.1, 0.15) is 0 Å². The molecule has 0 aliphatic heterocycles. The van der Waals surface area contributed by atoms with Crippen LogP contribution in [0.3, 0.4) is 0 Å². The number of hydrogen-bond acceptors (Lipinski definition) is 2. The summed E-state index contributed by atoms with van der Waals surface area (Å²) in [6.45, 7) is 2.14. The molecule has 2 aliphatic carbocycles. The number of isocyanates is 1. The van der Waals surface area contributed by atoms with Gasteiger partial charge in [0.05, 0.1) is 6.04 Å². The molecule has 0 spiro atoms. The van der Waals surface area contributed by atoms with E-state index in [4.69, 9.17) is 0 Å². The van der Waals surface area contributed by atoms with Crippen molar-refractivity contribution in [1.82, 2.24) is 0 Å². The van der Waals surface area contributed by atoms with Gasteiger partial charge in [0, 0.05) is 0 Å². The zero-order valence-corrected chi connectivity index (χ0v) is 11.7. The highest BCUT2D eigenvalue weighted by Gasteiger charge is 2.34. The molecule has 0 bridgehead atoms. The largest absolute Gasteiger partial charge is 0.235 e. The second kappa shape index (κ2) is 7.09. The molecule has 0 N–H and O–H groups in total. The highest BCUT2D eigenvalue weighted by molar-refractivity contribution is 5.33. The standard InChI is InChI=1S/C16H27NO/c1-13(17-12-18)16(14-8-4-2-5-9-14)15-10-6-3-7-11-15/h13-16H,2-11H2,1H3. The monoisotopic (exact) mass is 249 g/mol. The van der Waals surface area contributed by atoms with Crippen LogP contribution in [-0.4, -0.2) is 12.1 Å². The van der Waals surface area contributed by atoms with E-state index in [2.05, 4.69) is 11.9 Å². The summed E-state index contributed by atoms with van der Waals surface area (Å²) in [6.07, 6.45) is 15.6. The number of hydrogen-bond donors (Lipinski definition) is 0. The molecule has 0 aromatic carbocycles. The predicted molar refractivity (Wildman–Crippen MR) is 74.2 cm³/mol. The summed E-state index contributed by atoms with van der Waals surface area (Å²) in [6, 6.07) is 0.189. The molecule has 2 saturated carbocycles. The van der Waals surface area contributed by atoms with E-state index in [0.29, 0.717) is 5.92 Å². The molecule has 0 aromatic heterocycles. The summed E-state index contributed by atoms with van der Waals surface area (Å²) in [7, 11) is 0. The minimum absolute atomic E-state index is 0.189. The molecule has 0 aromatic rings. The van der Waals surface area contributed by atoms with Gasteiger partial charge < -0.3 is 0 Å². The molecule has 1 unspecified atom stereocenters. The third kappa shape index (κ3) is 3.45. The van der Waals surface area contributed by atoms with Gasteiger partial charge in [-0.05, 0) is 24.7 Å². The lowest BCUT2D eigenvalue weighted by atomic mass is 9.67. The summed E-state index contributed by atoms with van der Waals surface area (Å²) in [5.74, 6) is 2.27. The van der Waals surface area contributed by atoms with Crippen molar-refractivity contribution in [3.8, 4) is 0 Å². The first-order valence-corrected chi connectivity index (χ1v) is 7.90. The molecule has 0 saturated heterocycles. The summed E-state index contributed by atoms with van der Waals surface area (Å²) in [4.78, 5) is 14.7. The Balaban J connectivity index is 2.07. The van der Waals surface area contributed by atoms with Crippen molar-refractivity contribution in [3.05, 3.63) is 0 Å². The van der Waals surface area contributed by atoms with E-state index in [0.717, 1.165) is 11.8 Å². The van der Waals surface area contributed by atoms with E-state index in [1.54, 1.807) is 6.08 Å². The Morgan fingerprint density at radius 1 is 0.889 bits per heavy atom. The minimum Gasteiger partial charge on any atom is -0.211 e. The van der Waals surface area contributed by atoms with Gasteiger partial charge in [-0.3, -0.25) is 0 Å². The first kappa shape index (κ1) is 13.8. The highest BCUT2D eigenvalue weighted by Crippen LogP contribution is 2.42. The van der Waals surface area contributed by atoms with E-state index >= 15 is 0 Å². The van der Waals surface area contributed by atoms with Gasteiger partial charge in [-0.1, -0.05) is 64.2 Å². The minimum atomic E-state index is 0.189. The van der Waals surface area contributed by atoms with Crippen molar-refractivity contribution in [2.24, 2.45) is 22.7 Å². The van der Waals surface area contributed by atoms with Crippen LogP contribution in [0, 0.1) is 17.8 Å². The first-order valence-electron chi connectivity index (χ1n) is 7.90. The maximum atomic E-state index is 10.6. The molecule has 2 rings (SSSR count). The molecule has 0 amide bonds. The van der Waals surface area contributed by atoms with Crippen LogP contribution in [0.5, 0.6) is 0 Å². The fraction of sp³-hybridized carbons (Fsp3) is 0.938. The van der Waals surface area contributed by atoms with Gasteiger partial charge in [-0.25, -0.2) is 9.79 Å². The van der Waals surface area contributed by atoms with Crippen LogP contribution in [0.15, 0.2) is 4.99 Å². The molecule has 2 aliphatic rings. The summed E-state index contributed by atoms with van der Waals surface area (Å²) in [5, 5.41) is 0. The molecule has 2 heteroatoms. The van der Waals surface area contributed by atoms with Crippen LogP contribution < -0.4 is 0 Å². The Kier molecular flexibility index (Phi) is 5.44. The van der Waals surface area contributed by atoms with Crippen LogP contribution in [0.4, 0.5) is 0 Å². The molecule has 0 heterocycles. The van der Waals surface area contributed by atoms with E-state index in [1.165, 1.54) is 64.2 Å². The molecule has 2 nitrogen and oxygen atoms in total. The van der Waals surface area contributed by atoms with E-state index in [-0.39, 0.29) is 6.04 Å². The number of aliphatic imine (C=N–C) groups is 1. The van der Waals surface area contributed by atoms with Crippen molar-refractivity contribution in [1.29, 1.82) is 0 Å². The fourth-order valence-electron chi connectivity index (χ4n) is 4.38. The van der Waals surface area contributed by atoms with Crippen LogP contribution in [0.1, 0.15) is 71.1 Å². The van der Waals surface area contributed by atoms with Crippen LogP contribution in [-0.2, 0) is 4.79 Å². The Morgan fingerprint density at radius 3 is 1.72 bits per heavy atom.